The lowest BCUT2D eigenvalue weighted by Crippen LogP contribution is -1.95. The first kappa shape index (κ1) is 18.8. The summed E-state index contributed by atoms with van der Waals surface area (Å²) in [5, 5.41) is 9.07. The molecule has 31 heavy (non-hydrogen) atoms. The van der Waals surface area contributed by atoms with Crippen LogP contribution in [0.25, 0.3) is 45.2 Å². The van der Waals surface area contributed by atoms with Gasteiger partial charge in [-0.05, 0) is 42.5 Å². The second-order valence-corrected chi connectivity index (χ2v) is 7.12. The Morgan fingerprint density at radius 2 is 1.26 bits per heavy atom. The Hall–Kier alpha value is -4.18. The van der Waals surface area contributed by atoms with Crippen LogP contribution in [0.5, 0.6) is 5.75 Å². The van der Waals surface area contributed by atoms with Gasteiger partial charge >= 0.3 is 0 Å². The van der Waals surface area contributed by atoms with E-state index in [0.717, 1.165) is 50.9 Å². The summed E-state index contributed by atoms with van der Waals surface area (Å²) in [6, 6.07) is 33.9. The van der Waals surface area contributed by atoms with Crippen LogP contribution in [0.2, 0.25) is 0 Å². The Morgan fingerprint density at radius 1 is 0.613 bits per heavy atom. The second-order valence-electron chi connectivity index (χ2n) is 7.12. The molecule has 2 aromatic heterocycles. The first-order valence-electron chi connectivity index (χ1n) is 10.0. The number of hydrogen-bond acceptors (Lipinski definition) is 4. The van der Waals surface area contributed by atoms with Gasteiger partial charge in [-0.3, -0.25) is 0 Å². The fraction of sp³-hybridized carbons (Fsp3) is 0.0370. The fourth-order valence-corrected chi connectivity index (χ4v) is 3.53. The minimum Gasteiger partial charge on any atom is -0.497 e. The molecule has 0 spiro atoms. The van der Waals surface area contributed by atoms with Gasteiger partial charge in [-0.1, -0.05) is 60.7 Å². The van der Waals surface area contributed by atoms with Crippen LogP contribution in [0.15, 0.2) is 108 Å². The lowest BCUT2D eigenvalue weighted by molar-refractivity contribution is 0.415. The van der Waals surface area contributed by atoms with Crippen molar-refractivity contribution < 1.29 is 9.15 Å². The molecule has 2 heterocycles. The third kappa shape index (κ3) is 3.83. The van der Waals surface area contributed by atoms with Gasteiger partial charge in [-0.25, -0.2) is 0 Å². The van der Waals surface area contributed by atoms with E-state index in [0.29, 0.717) is 0 Å². The van der Waals surface area contributed by atoms with Crippen molar-refractivity contribution in [3.05, 3.63) is 103 Å². The number of benzene rings is 3. The highest BCUT2D eigenvalue weighted by atomic mass is 16.5. The van der Waals surface area contributed by atoms with Crippen LogP contribution >= 0.6 is 0 Å². The largest absolute Gasteiger partial charge is 0.497 e. The van der Waals surface area contributed by atoms with Crippen molar-refractivity contribution in [3.63, 3.8) is 0 Å². The molecule has 3 aromatic carbocycles. The summed E-state index contributed by atoms with van der Waals surface area (Å²) in [7, 11) is 1.66. The molecular weight excluding hydrogens is 384 g/mol. The molecule has 0 amide bonds. The standard InChI is InChI=1S/C27H20N2O2/c1-30-22-14-12-20(13-15-22)25-16-17-26(31-25)23-18-24(19-8-4-2-5-9-19)28-29-27(23)21-10-6-3-7-11-21/h2-18H,1H3. The predicted molar refractivity (Wildman–Crippen MR) is 123 cm³/mol. The van der Waals surface area contributed by atoms with E-state index in [1.807, 2.05) is 103 Å². The lowest BCUT2D eigenvalue weighted by Gasteiger charge is -2.09. The Bertz CT molecular complexity index is 1290. The molecule has 0 fully saturated rings. The Labute approximate surface area is 180 Å². The first-order valence-corrected chi connectivity index (χ1v) is 10.0. The molecule has 0 atom stereocenters. The van der Waals surface area contributed by atoms with E-state index in [2.05, 4.69) is 10.2 Å². The van der Waals surface area contributed by atoms with Crippen molar-refractivity contribution >= 4 is 0 Å². The Morgan fingerprint density at radius 3 is 1.94 bits per heavy atom. The van der Waals surface area contributed by atoms with Crippen molar-refractivity contribution in [1.29, 1.82) is 0 Å². The number of furan rings is 1. The van der Waals surface area contributed by atoms with Gasteiger partial charge in [-0.15, -0.1) is 10.2 Å². The maximum Gasteiger partial charge on any atom is 0.137 e. The van der Waals surface area contributed by atoms with Crippen molar-refractivity contribution in [2.45, 2.75) is 0 Å². The summed E-state index contributed by atoms with van der Waals surface area (Å²) in [6.45, 7) is 0. The zero-order chi connectivity index (χ0) is 21.0. The zero-order valence-electron chi connectivity index (χ0n) is 17.0. The average Bonchev–Trinajstić information content (AvgIpc) is 3.35. The van der Waals surface area contributed by atoms with Gasteiger partial charge in [0.2, 0.25) is 0 Å². The van der Waals surface area contributed by atoms with E-state index in [1.165, 1.54) is 0 Å². The van der Waals surface area contributed by atoms with Crippen molar-refractivity contribution in [2.24, 2.45) is 0 Å². The SMILES string of the molecule is COc1ccc(-c2ccc(-c3cc(-c4ccccc4)nnc3-c3ccccc3)o2)cc1. The van der Waals surface area contributed by atoms with Gasteiger partial charge in [0, 0.05) is 22.3 Å². The topological polar surface area (TPSA) is 48.2 Å². The molecule has 0 aliphatic carbocycles. The molecule has 0 aliphatic rings. The molecule has 0 N–H and O–H groups in total. The number of ether oxygens (including phenoxy) is 1. The summed E-state index contributed by atoms with van der Waals surface area (Å²) >= 11 is 0. The minimum atomic E-state index is 0.747. The molecule has 0 saturated carbocycles. The summed E-state index contributed by atoms with van der Waals surface area (Å²) < 4.78 is 11.5. The van der Waals surface area contributed by atoms with Crippen molar-refractivity contribution in [2.75, 3.05) is 7.11 Å². The van der Waals surface area contributed by atoms with Crippen LogP contribution in [-0.2, 0) is 0 Å². The number of methoxy groups -OCH3 is 1. The third-order valence-corrected chi connectivity index (χ3v) is 5.16. The zero-order valence-corrected chi connectivity index (χ0v) is 17.0. The highest BCUT2D eigenvalue weighted by molar-refractivity contribution is 5.81. The van der Waals surface area contributed by atoms with E-state index in [1.54, 1.807) is 7.11 Å². The maximum absolute atomic E-state index is 6.27. The lowest BCUT2D eigenvalue weighted by atomic mass is 10.0. The number of rotatable bonds is 5. The quantitative estimate of drug-likeness (QED) is 0.325. The highest BCUT2D eigenvalue weighted by Crippen LogP contribution is 2.36. The van der Waals surface area contributed by atoms with E-state index in [9.17, 15) is 0 Å². The highest BCUT2D eigenvalue weighted by Gasteiger charge is 2.16. The molecular formula is C27H20N2O2. The summed E-state index contributed by atoms with van der Waals surface area (Å²) in [6.07, 6.45) is 0. The first-order chi connectivity index (χ1) is 15.3. The van der Waals surface area contributed by atoms with Crippen LogP contribution in [0, 0.1) is 0 Å². The van der Waals surface area contributed by atoms with Gasteiger partial charge in [0.15, 0.2) is 0 Å². The number of aromatic nitrogens is 2. The van der Waals surface area contributed by atoms with Gasteiger partial charge in [0.25, 0.3) is 0 Å². The molecule has 0 unspecified atom stereocenters. The van der Waals surface area contributed by atoms with Crippen molar-refractivity contribution in [1.82, 2.24) is 10.2 Å². The average molecular weight is 404 g/mol. The molecule has 0 bridgehead atoms. The van der Waals surface area contributed by atoms with Gasteiger partial charge in [0.05, 0.1) is 12.8 Å². The summed E-state index contributed by atoms with van der Waals surface area (Å²) in [5.41, 5.74) is 5.48. The molecule has 0 aliphatic heterocycles. The monoisotopic (exact) mass is 404 g/mol. The Kier molecular flexibility index (Phi) is 5.03. The summed E-state index contributed by atoms with van der Waals surface area (Å²) in [5.74, 6) is 2.35. The van der Waals surface area contributed by atoms with Crippen LogP contribution in [-0.4, -0.2) is 17.3 Å². The third-order valence-electron chi connectivity index (χ3n) is 5.16. The van der Waals surface area contributed by atoms with Crippen LogP contribution in [0.4, 0.5) is 0 Å². The number of nitrogens with zero attached hydrogens (tertiary/aromatic N) is 2. The van der Waals surface area contributed by atoms with Crippen LogP contribution in [0.3, 0.4) is 0 Å². The van der Waals surface area contributed by atoms with E-state index in [-0.39, 0.29) is 0 Å². The molecule has 0 radical (unpaired) electrons. The Balaban J connectivity index is 1.62. The molecule has 4 heteroatoms. The normalized spacial score (nSPS) is 10.7. The summed E-state index contributed by atoms with van der Waals surface area (Å²) in [4.78, 5) is 0. The van der Waals surface area contributed by atoms with Crippen LogP contribution in [0.1, 0.15) is 0 Å². The molecule has 5 rings (SSSR count). The fourth-order valence-electron chi connectivity index (χ4n) is 3.53. The van der Waals surface area contributed by atoms with Gasteiger partial charge in [-0.2, -0.15) is 0 Å². The van der Waals surface area contributed by atoms with Gasteiger partial charge < -0.3 is 9.15 Å². The smallest absolute Gasteiger partial charge is 0.137 e. The molecule has 5 aromatic rings. The van der Waals surface area contributed by atoms with Gasteiger partial charge in [0.1, 0.15) is 23.0 Å². The molecule has 4 nitrogen and oxygen atoms in total. The van der Waals surface area contributed by atoms with E-state index in [4.69, 9.17) is 9.15 Å². The molecule has 0 saturated heterocycles. The van der Waals surface area contributed by atoms with E-state index >= 15 is 0 Å². The number of hydrogen-bond donors (Lipinski definition) is 0. The predicted octanol–water partition coefficient (Wildman–Crippen LogP) is 6.75. The molecule has 150 valence electrons. The van der Waals surface area contributed by atoms with Crippen molar-refractivity contribution in [3.8, 4) is 50.9 Å². The van der Waals surface area contributed by atoms with E-state index < -0.39 is 0 Å². The maximum atomic E-state index is 6.27. The second kappa shape index (κ2) is 8.28. The minimum absolute atomic E-state index is 0.747. The van der Waals surface area contributed by atoms with Crippen LogP contribution < -0.4 is 4.74 Å².